The van der Waals surface area contributed by atoms with Crippen LogP contribution in [0.5, 0.6) is 0 Å². The van der Waals surface area contributed by atoms with Crippen molar-refractivity contribution in [1.82, 2.24) is 10.2 Å². The predicted molar refractivity (Wildman–Crippen MR) is 89.9 cm³/mol. The fourth-order valence-electron chi connectivity index (χ4n) is 2.93. The fourth-order valence-corrected chi connectivity index (χ4v) is 3.32. The number of nitrogens with zero attached hydrogens (tertiary/aromatic N) is 1. The molecule has 4 heteroatoms. The van der Waals surface area contributed by atoms with Crippen LogP contribution in [-0.4, -0.2) is 30.6 Å². The molecule has 0 spiro atoms. The molecular formula is C17H26BrFN2. The van der Waals surface area contributed by atoms with Crippen molar-refractivity contribution >= 4 is 15.9 Å². The van der Waals surface area contributed by atoms with Gasteiger partial charge < -0.3 is 5.32 Å². The van der Waals surface area contributed by atoms with E-state index >= 15 is 0 Å². The molecule has 1 aliphatic heterocycles. The Bertz CT molecular complexity index is 450. The Labute approximate surface area is 136 Å². The summed E-state index contributed by atoms with van der Waals surface area (Å²) < 4.78 is 14.3. The van der Waals surface area contributed by atoms with Gasteiger partial charge in [-0.15, -0.1) is 0 Å². The smallest absolute Gasteiger partial charge is 0.137 e. The van der Waals surface area contributed by atoms with Crippen molar-refractivity contribution in [2.45, 2.75) is 45.7 Å². The molecule has 21 heavy (non-hydrogen) atoms. The van der Waals surface area contributed by atoms with E-state index in [0.29, 0.717) is 16.4 Å². The summed E-state index contributed by atoms with van der Waals surface area (Å²) in [6.45, 7) is 8.49. The number of benzene rings is 1. The van der Waals surface area contributed by atoms with Crippen molar-refractivity contribution in [3.8, 4) is 0 Å². The van der Waals surface area contributed by atoms with Gasteiger partial charge in [-0.25, -0.2) is 4.39 Å². The first-order chi connectivity index (χ1) is 10.1. The zero-order valence-corrected chi connectivity index (χ0v) is 14.6. The predicted octanol–water partition coefficient (Wildman–Crippen LogP) is 4.19. The van der Waals surface area contributed by atoms with Gasteiger partial charge in [-0.3, -0.25) is 4.90 Å². The molecule has 2 rings (SSSR count). The van der Waals surface area contributed by atoms with Gasteiger partial charge in [0.15, 0.2) is 0 Å². The van der Waals surface area contributed by atoms with E-state index in [0.717, 1.165) is 31.7 Å². The van der Waals surface area contributed by atoms with E-state index in [-0.39, 0.29) is 5.82 Å². The van der Waals surface area contributed by atoms with Crippen LogP contribution in [0.1, 0.15) is 38.7 Å². The zero-order valence-electron chi connectivity index (χ0n) is 13.0. The highest BCUT2D eigenvalue weighted by Gasteiger charge is 2.23. The van der Waals surface area contributed by atoms with Crippen LogP contribution in [0.25, 0.3) is 0 Å². The SMILES string of the molecule is CC(C)CNCC1CCCCN1Cc1cccc(F)c1Br. The summed E-state index contributed by atoms with van der Waals surface area (Å²) in [4.78, 5) is 2.50. The van der Waals surface area contributed by atoms with Crippen molar-refractivity contribution in [3.05, 3.63) is 34.1 Å². The van der Waals surface area contributed by atoms with Crippen molar-refractivity contribution in [2.75, 3.05) is 19.6 Å². The standard InChI is InChI=1S/C17H26BrFN2/c1-13(2)10-20-11-15-7-3-4-9-21(15)12-14-6-5-8-16(19)17(14)18/h5-6,8,13,15,20H,3-4,7,9-12H2,1-2H3. The van der Waals surface area contributed by atoms with E-state index in [9.17, 15) is 4.39 Å². The third-order valence-electron chi connectivity index (χ3n) is 4.09. The second-order valence-electron chi connectivity index (χ2n) is 6.39. The maximum absolute atomic E-state index is 13.6. The molecular weight excluding hydrogens is 331 g/mol. The van der Waals surface area contributed by atoms with Gasteiger partial charge in [-0.05, 0) is 59.4 Å². The maximum Gasteiger partial charge on any atom is 0.137 e. The molecule has 0 aliphatic carbocycles. The summed E-state index contributed by atoms with van der Waals surface area (Å²) in [5, 5.41) is 3.57. The minimum Gasteiger partial charge on any atom is -0.315 e. The molecule has 1 aromatic carbocycles. The second-order valence-corrected chi connectivity index (χ2v) is 7.18. The molecule has 0 aromatic heterocycles. The number of likely N-dealkylation sites (tertiary alicyclic amines) is 1. The molecule has 1 aliphatic rings. The topological polar surface area (TPSA) is 15.3 Å². The second kappa shape index (κ2) is 8.25. The minimum absolute atomic E-state index is 0.168. The lowest BCUT2D eigenvalue weighted by Gasteiger charge is -2.36. The van der Waals surface area contributed by atoms with Crippen molar-refractivity contribution in [1.29, 1.82) is 0 Å². The van der Waals surface area contributed by atoms with E-state index in [1.165, 1.54) is 25.3 Å². The van der Waals surface area contributed by atoms with Crippen LogP contribution in [0.3, 0.4) is 0 Å². The van der Waals surface area contributed by atoms with Crippen molar-refractivity contribution in [2.24, 2.45) is 5.92 Å². The number of halogens is 2. The van der Waals surface area contributed by atoms with Crippen LogP contribution >= 0.6 is 15.9 Å². The van der Waals surface area contributed by atoms with Crippen LogP contribution < -0.4 is 5.32 Å². The van der Waals surface area contributed by atoms with E-state index in [4.69, 9.17) is 0 Å². The third-order valence-corrected chi connectivity index (χ3v) is 4.97. The van der Waals surface area contributed by atoms with Gasteiger partial charge in [-0.2, -0.15) is 0 Å². The molecule has 1 N–H and O–H groups in total. The minimum atomic E-state index is -0.168. The highest BCUT2D eigenvalue weighted by molar-refractivity contribution is 9.10. The molecule has 1 unspecified atom stereocenters. The Balaban J connectivity index is 1.96. The van der Waals surface area contributed by atoms with Crippen molar-refractivity contribution in [3.63, 3.8) is 0 Å². The molecule has 0 radical (unpaired) electrons. The largest absolute Gasteiger partial charge is 0.315 e. The molecule has 1 saturated heterocycles. The van der Waals surface area contributed by atoms with Crippen molar-refractivity contribution < 1.29 is 4.39 Å². The maximum atomic E-state index is 13.6. The van der Waals surface area contributed by atoms with Crippen LogP contribution in [0.15, 0.2) is 22.7 Å². The van der Waals surface area contributed by atoms with Crippen LogP contribution in [0, 0.1) is 11.7 Å². The van der Waals surface area contributed by atoms with Gasteiger partial charge in [0.05, 0.1) is 4.47 Å². The highest BCUT2D eigenvalue weighted by atomic mass is 79.9. The summed E-state index contributed by atoms with van der Waals surface area (Å²) in [5.74, 6) is 0.512. The summed E-state index contributed by atoms with van der Waals surface area (Å²) in [5.41, 5.74) is 1.05. The molecule has 0 saturated carbocycles. The first-order valence-electron chi connectivity index (χ1n) is 7.95. The lowest BCUT2D eigenvalue weighted by atomic mass is 10.0. The van der Waals surface area contributed by atoms with Gasteiger partial charge in [0.2, 0.25) is 0 Å². The monoisotopic (exact) mass is 356 g/mol. The number of hydrogen-bond acceptors (Lipinski definition) is 2. The Morgan fingerprint density at radius 1 is 1.38 bits per heavy atom. The van der Waals surface area contributed by atoms with Gasteiger partial charge in [-0.1, -0.05) is 32.4 Å². The lowest BCUT2D eigenvalue weighted by Crippen LogP contribution is -2.45. The van der Waals surface area contributed by atoms with E-state index in [2.05, 4.69) is 40.0 Å². The van der Waals surface area contributed by atoms with Gasteiger partial charge in [0.1, 0.15) is 5.82 Å². The molecule has 1 aromatic rings. The Morgan fingerprint density at radius 3 is 2.95 bits per heavy atom. The number of rotatable bonds is 6. The molecule has 0 bridgehead atoms. The molecule has 2 nitrogen and oxygen atoms in total. The van der Waals surface area contributed by atoms with Gasteiger partial charge >= 0.3 is 0 Å². The van der Waals surface area contributed by atoms with Crippen LogP contribution in [0.4, 0.5) is 4.39 Å². The van der Waals surface area contributed by atoms with Crippen LogP contribution in [-0.2, 0) is 6.54 Å². The number of piperidine rings is 1. The number of hydrogen-bond donors (Lipinski definition) is 1. The number of nitrogens with one attached hydrogen (secondary N) is 1. The summed E-state index contributed by atoms with van der Waals surface area (Å²) in [6, 6.07) is 5.88. The van der Waals surface area contributed by atoms with E-state index < -0.39 is 0 Å². The molecule has 0 amide bonds. The van der Waals surface area contributed by atoms with E-state index in [1.54, 1.807) is 6.07 Å². The Morgan fingerprint density at radius 2 is 2.19 bits per heavy atom. The highest BCUT2D eigenvalue weighted by Crippen LogP contribution is 2.25. The molecule has 1 fully saturated rings. The van der Waals surface area contributed by atoms with E-state index in [1.807, 2.05) is 6.07 Å². The van der Waals surface area contributed by atoms with Gasteiger partial charge in [0, 0.05) is 19.1 Å². The average molecular weight is 357 g/mol. The normalized spacial score (nSPS) is 20.1. The van der Waals surface area contributed by atoms with Gasteiger partial charge in [0.25, 0.3) is 0 Å². The fraction of sp³-hybridized carbons (Fsp3) is 0.647. The lowest BCUT2D eigenvalue weighted by molar-refractivity contribution is 0.136. The van der Waals surface area contributed by atoms with Crippen LogP contribution in [0.2, 0.25) is 0 Å². The summed E-state index contributed by atoms with van der Waals surface area (Å²) in [7, 11) is 0. The molecule has 118 valence electrons. The third kappa shape index (κ3) is 5.04. The average Bonchev–Trinajstić information content (AvgIpc) is 2.45. The molecule has 1 atom stereocenters. The Kier molecular flexibility index (Phi) is 6.65. The first kappa shape index (κ1) is 16.9. The first-order valence-corrected chi connectivity index (χ1v) is 8.75. The molecule has 1 heterocycles. The summed E-state index contributed by atoms with van der Waals surface area (Å²) in [6.07, 6.45) is 3.78. The zero-order chi connectivity index (χ0) is 15.2. The quantitative estimate of drug-likeness (QED) is 0.821. The Hall–Kier alpha value is -0.450. The summed E-state index contributed by atoms with van der Waals surface area (Å²) >= 11 is 3.38.